The minimum absolute atomic E-state index is 0.0730. The van der Waals surface area contributed by atoms with Crippen molar-refractivity contribution in [3.05, 3.63) is 87.4 Å². The second-order valence-corrected chi connectivity index (χ2v) is 6.41. The molecule has 2 aromatic carbocycles. The molecule has 1 aliphatic rings. The molecule has 0 saturated heterocycles. The highest BCUT2D eigenvalue weighted by molar-refractivity contribution is 8.02. The number of hydrogen-bond donors (Lipinski definition) is 1. The number of halogens is 1. The van der Waals surface area contributed by atoms with E-state index in [1.807, 2.05) is 48.7 Å². The first-order valence-electron chi connectivity index (χ1n) is 7.21. The molecule has 1 N–H and O–H groups in total. The first kappa shape index (κ1) is 15.7. The van der Waals surface area contributed by atoms with Crippen LogP contribution in [-0.4, -0.2) is 6.26 Å². The third kappa shape index (κ3) is 3.29. The Kier molecular flexibility index (Phi) is 4.76. The third-order valence-corrected chi connectivity index (χ3v) is 4.76. The van der Waals surface area contributed by atoms with Crippen LogP contribution in [0.4, 0.5) is 0 Å². The topological polar surface area (TPSA) is 35.8 Å². The summed E-state index contributed by atoms with van der Waals surface area (Å²) in [5.41, 5.74) is 3.93. The van der Waals surface area contributed by atoms with Crippen LogP contribution in [0.25, 0.3) is 5.70 Å². The molecule has 4 heteroatoms. The van der Waals surface area contributed by atoms with E-state index >= 15 is 0 Å². The van der Waals surface area contributed by atoms with Crippen molar-refractivity contribution in [3.8, 4) is 6.07 Å². The summed E-state index contributed by atoms with van der Waals surface area (Å²) in [6, 6.07) is 20.2. The van der Waals surface area contributed by atoms with Crippen molar-refractivity contribution in [1.82, 2.24) is 5.32 Å². The quantitative estimate of drug-likeness (QED) is 0.839. The Bertz CT molecular complexity index is 802. The maximum atomic E-state index is 9.62. The van der Waals surface area contributed by atoms with Gasteiger partial charge in [0, 0.05) is 16.6 Å². The fourth-order valence-corrected chi connectivity index (χ4v) is 3.35. The van der Waals surface area contributed by atoms with Crippen molar-refractivity contribution in [3.63, 3.8) is 0 Å². The molecule has 114 valence electrons. The highest BCUT2D eigenvalue weighted by Gasteiger charge is 2.24. The fourth-order valence-electron chi connectivity index (χ4n) is 2.62. The zero-order chi connectivity index (χ0) is 16.2. The van der Waals surface area contributed by atoms with Gasteiger partial charge in [-0.2, -0.15) is 5.26 Å². The minimum atomic E-state index is -0.0730. The molecule has 3 rings (SSSR count). The zero-order valence-corrected chi connectivity index (χ0v) is 14.2. The molecule has 0 spiro atoms. The largest absolute Gasteiger partial charge is 0.349 e. The van der Waals surface area contributed by atoms with Gasteiger partial charge >= 0.3 is 0 Å². The van der Waals surface area contributed by atoms with E-state index in [1.54, 1.807) is 11.8 Å². The van der Waals surface area contributed by atoms with E-state index in [2.05, 4.69) is 29.6 Å². The molecule has 0 amide bonds. The van der Waals surface area contributed by atoms with Crippen molar-refractivity contribution in [2.24, 2.45) is 0 Å². The lowest BCUT2D eigenvalue weighted by Crippen LogP contribution is -2.20. The molecule has 1 heterocycles. The van der Waals surface area contributed by atoms with E-state index < -0.39 is 0 Å². The molecule has 0 fully saturated rings. The summed E-state index contributed by atoms with van der Waals surface area (Å²) in [5, 5.41) is 14.6. The lowest BCUT2D eigenvalue weighted by atomic mass is 9.88. The Hall–Kier alpha value is -2.15. The van der Waals surface area contributed by atoms with E-state index in [-0.39, 0.29) is 5.92 Å². The van der Waals surface area contributed by atoms with Crippen LogP contribution in [0.2, 0.25) is 5.02 Å². The molecule has 1 unspecified atom stereocenters. The molecule has 1 aliphatic heterocycles. The van der Waals surface area contributed by atoms with Crippen LogP contribution in [0.15, 0.2) is 71.3 Å². The zero-order valence-electron chi connectivity index (χ0n) is 12.6. The predicted molar refractivity (Wildman–Crippen MR) is 97.9 cm³/mol. The van der Waals surface area contributed by atoms with Gasteiger partial charge in [0.1, 0.15) is 0 Å². The summed E-state index contributed by atoms with van der Waals surface area (Å²) in [5.74, 6) is -0.0730. The van der Waals surface area contributed by atoms with Crippen molar-refractivity contribution in [2.45, 2.75) is 5.92 Å². The molecule has 0 radical (unpaired) electrons. The smallest absolute Gasteiger partial charge is 0.0984 e. The second kappa shape index (κ2) is 6.95. The third-order valence-electron chi connectivity index (χ3n) is 3.78. The van der Waals surface area contributed by atoms with Crippen molar-refractivity contribution < 1.29 is 0 Å². The molecular weight excluding hydrogens is 324 g/mol. The minimum Gasteiger partial charge on any atom is -0.349 e. The van der Waals surface area contributed by atoms with Gasteiger partial charge in [0.25, 0.3) is 0 Å². The summed E-state index contributed by atoms with van der Waals surface area (Å²) in [7, 11) is 0. The molecule has 0 saturated carbocycles. The number of dihydropyridines is 1. The Morgan fingerprint density at radius 1 is 1.09 bits per heavy atom. The normalized spacial score (nSPS) is 17.3. The van der Waals surface area contributed by atoms with Crippen LogP contribution in [-0.2, 0) is 0 Å². The number of nitriles is 1. The molecule has 2 aromatic rings. The van der Waals surface area contributed by atoms with Crippen LogP contribution >= 0.6 is 23.4 Å². The summed E-state index contributed by atoms with van der Waals surface area (Å²) in [4.78, 5) is 0. The van der Waals surface area contributed by atoms with Gasteiger partial charge < -0.3 is 5.32 Å². The van der Waals surface area contributed by atoms with Crippen molar-refractivity contribution >= 4 is 29.1 Å². The molecule has 0 aromatic heterocycles. The number of thioether (sulfide) groups is 1. The number of nitrogens with one attached hydrogen (secondary N) is 1. The highest BCUT2D eigenvalue weighted by atomic mass is 35.5. The van der Waals surface area contributed by atoms with Gasteiger partial charge in [-0.25, -0.2) is 0 Å². The van der Waals surface area contributed by atoms with E-state index in [4.69, 9.17) is 11.6 Å². The fraction of sp³-hybridized carbons (Fsp3) is 0.105. The van der Waals surface area contributed by atoms with Gasteiger partial charge in [-0.1, -0.05) is 54.1 Å². The molecule has 0 aliphatic carbocycles. The second-order valence-electron chi connectivity index (χ2n) is 5.16. The standard InChI is InChI=1S/C19H15ClN2S/c1-23-19-17(12-21)16(13-7-9-15(20)10-8-13)11-18(22-19)14-5-3-2-4-6-14/h2-11,16,22H,1H3. The maximum absolute atomic E-state index is 9.62. The SMILES string of the molecule is CSC1=C(C#N)C(c2ccc(Cl)cc2)C=C(c2ccccc2)N1. The maximum Gasteiger partial charge on any atom is 0.0984 e. The Morgan fingerprint density at radius 3 is 2.39 bits per heavy atom. The highest BCUT2D eigenvalue weighted by Crippen LogP contribution is 2.37. The van der Waals surface area contributed by atoms with Gasteiger partial charge in [-0.3, -0.25) is 0 Å². The van der Waals surface area contributed by atoms with E-state index in [1.165, 1.54) is 0 Å². The molecular formula is C19H15ClN2S. The van der Waals surface area contributed by atoms with Crippen molar-refractivity contribution in [2.75, 3.05) is 6.26 Å². The lowest BCUT2D eigenvalue weighted by Gasteiger charge is -2.25. The lowest BCUT2D eigenvalue weighted by molar-refractivity contribution is 0.953. The van der Waals surface area contributed by atoms with Gasteiger partial charge in [-0.15, -0.1) is 11.8 Å². The summed E-state index contributed by atoms with van der Waals surface area (Å²) < 4.78 is 0. The van der Waals surface area contributed by atoms with Crippen LogP contribution in [0.3, 0.4) is 0 Å². The average molecular weight is 339 g/mol. The van der Waals surface area contributed by atoms with Crippen LogP contribution in [0.5, 0.6) is 0 Å². The molecule has 0 bridgehead atoms. The van der Waals surface area contributed by atoms with Gasteiger partial charge in [0.05, 0.1) is 16.7 Å². The monoisotopic (exact) mass is 338 g/mol. The van der Waals surface area contributed by atoms with Gasteiger partial charge in [-0.05, 0) is 35.6 Å². The number of nitrogens with zero attached hydrogens (tertiary/aromatic N) is 1. The van der Waals surface area contributed by atoms with Crippen LogP contribution in [0.1, 0.15) is 17.0 Å². The van der Waals surface area contributed by atoms with Crippen molar-refractivity contribution in [1.29, 1.82) is 5.26 Å². The number of allylic oxidation sites excluding steroid dienone is 2. The molecule has 23 heavy (non-hydrogen) atoms. The Morgan fingerprint density at radius 2 is 1.78 bits per heavy atom. The summed E-state index contributed by atoms with van der Waals surface area (Å²) in [6.45, 7) is 0. The Balaban J connectivity index is 2.09. The average Bonchev–Trinajstić information content (AvgIpc) is 2.62. The number of rotatable bonds is 3. The molecule has 2 nitrogen and oxygen atoms in total. The van der Waals surface area contributed by atoms with Crippen LogP contribution in [0, 0.1) is 11.3 Å². The first-order valence-corrected chi connectivity index (χ1v) is 8.81. The molecule has 1 atom stereocenters. The number of hydrogen-bond acceptors (Lipinski definition) is 3. The predicted octanol–water partition coefficient (Wildman–Crippen LogP) is 5.17. The van der Waals surface area contributed by atoms with Gasteiger partial charge in [0.15, 0.2) is 0 Å². The van der Waals surface area contributed by atoms with Crippen LogP contribution < -0.4 is 5.32 Å². The van der Waals surface area contributed by atoms with E-state index in [9.17, 15) is 5.26 Å². The summed E-state index contributed by atoms with van der Waals surface area (Å²) in [6.07, 6.45) is 4.09. The Labute approximate surface area is 145 Å². The van der Waals surface area contributed by atoms with E-state index in [0.717, 1.165) is 27.4 Å². The van der Waals surface area contributed by atoms with Gasteiger partial charge in [0.2, 0.25) is 0 Å². The summed E-state index contributed by atoms with van der Waals surface area (Å²) >= 11 is 7.55. The van der Waals surface area contributed by atoms with E-state index in [0.29, 0.717) is 5.02 Å². The number of benzene rings is 2. The first-order chi connectivity index (χ1) is 11.2.